The Balaban J connectivity index is 1.70. The van der Waals surface area contributed by atoms with Crippen molar-refractivity contribution >= 4 is 5.69 Å². The monoisotopic (exact) mass is 256 g/mol. The fraction of sp³-hybridized carbons (Fsp3) is 0.375. The molecule has 0 radical (unpaired) electrons. The minimum absolute atomic E-state index is 0.739. The van der Waals surface area contributed by atoms with Gasteiger partial charge in [0.05, 0.1) is 12.8 Å². The lowest BCUT2D eigenvalue weighted by molar-refractivity contribution is 0.507. The maximum Gasteiger partial charge on any atom is 0.123 e. The fourth-order valence-corrected chi connectivity index (χ4v) is 2.30. The number of hydrogen-bond donors (Lipinski definition) is 1. The third kappa shape index (κ3) is 3.18. The molecule has 3 nitrogen and oxygen atoms in total. The summed E-state index contributed by atoms with van der Waals surface area (Å²) < 4.78 is 5.42. The zero-order valence-corrected chi connectivity index (χ0v) is 11.3. The average Bonchev–Trinajstić information content (AvgIpc) is 3.13. The molecule has 0 saturated heterocycles. The van der Waals surface area contributed by atoms with Gasteiger partial charge in [-0.15, -0.1) is 0 Å². The van der Waals surface area contributed by atoms with Gasteiger partial charge in [0, 0.05) is 25.3 Å². The minimum Gasteiger partial charge on any atom is -0.467 e. The molecule has 3 rings (SSSR count). The molecule has 0 aliphatic heterocycles. The van der Waals surface area contributed by atoms with Gasteiger partial charge in [0.2, 0.25) is 0 Å². The molecule has 1 saturated carbocycles. The van der Waals surface area contributed by atoms with Crippen molar-refractivity contribution in [3.63, 3.8) is 0 Å². The van der Waals surface area contributed by atoms with Crippen LogP contribution in [0.15, 0.2) is 47.1 Å². The first-order chi connectivity index (χ1) is 9.33. The summed E-state index contributed by atoms with van der Waals surface area (Å²) in [6.07, 6.45) is 4.37. The van der Waals surface area contributed by atoms with Crippen molar-refractivity contribution in [2.75, 3.05) is 11.9 Å². The number of para-hydroxylation sites is 1. The smallest absolute Gasteiger partial charge is 0.123 e. The lowest BCUT2D eigenvalue weighted by Crippen LogP contribution is -2.21. The Morgan fingerprint density at radius 3 is 2.79 bits per heavy atom. The van der Waals surface area contributed by atoms with Crippen LogP contribution in [0.4, 0.5) is 5.69 Å². The van der Waals surface area contributed by atoms with Crippen LogP contribution in [0.3, 0.4) is 0 Å². The molecular weight excluding hydrogens is 236 g/mol. The van der Waals surface area contributed by atoms with Crippen molar-refractivity contribution in [3.8, 4) is 0 Å². The summed E-state index contributed by atoms with van der Waals surface area (Å²) in [6.45, 7) is 1.75. The van der Waals surface area contributed by atoms with E-state index in [1.807, 2.05) is 12.1 Å². The second-order valence-corrected chi connectivity index (χ2v) is 5.22. The highest BCUT2D eigenvalue weighted by molar-refractivity contribution is 5.53. The molecule has 0 atom stereocenters. The maximum absolute atomic E-state index is 5.42. The number of anilines is 1. The van der Waals surface area contributed by atoms with E-state index in [0.29, 0.717) is 0 Å². The first-order valence-electron chi connectivity index (χ1n) is 6.88. The summed E-state index contributed by atoms with van der Waals surface area (Å²) in [4.78, 5) is 2.24. The van der Waals surface area contributed by atoms with E-state index in [1.165, 1.54) is 24.1 Å². The van der Waals surface area contributed by atoms with Crippen molar-refractivity contribution in [3.05, 3.63) is 54.0 Å². The highest BCUT2D eigenvalue weighted by atomic mass is 16.3. The van der Waals surface area contributed by atoms with Gasteiger partial charge in [-0.1, -0.05) is 18.2 Å². The van der Waals surface area contributed by atoms with E-state index in [2.05, 4.69) is 41.5 Å². The molecule has 1 aliphatic carbocycles. The Bertz CT molecular complexity index is 517. The lowest BCUT2D eigenvalue weighted by atomic mass is 10.1. The number of rotatable bonds is 6. The van der Waals surface area contributed by atoms with Crippen molar-refractivity contribution in [2.45, 2.75) is 32.0 Å². The molecule has 3 heteroatoms. The molecule has 1 aromatic carbocycles. The molecule has 1 aromatic heterocycles. The molecular formula is C16H20N2O. The van der Waals surface area contributed by atoms with Gasteiger partial charge in [0.25, 0.3) is 0 Å². The number of hydrogen-bond acceptors (Lipinski definition) is 3. The van der Waals surface area contributed by atoms with Crippen LogP contribution in [0.25, 0.3) is 0 Å². The molecule has 0 amide bonds. The van der Waals surface area contributed by atoms with Gasteiger partial charge in [-0.3, -0.25) is 0 Å². The van der Waals surface area contributed by atoms with Gasteiger partial charge in [-0.2, -0.15) is 0 Å². The molecule has 0 bridgehead atoms. The van der Waals surface area contributed by atoms with Gasteiger partial charge < -0.3 is 14.6 Å². The molecule has 19 heavy (non-hydrogen) atoms. The van der Waals surface area contributed by atoms with Gasteiger partial charge in [0.15, 0.2) is 0 Å². The standard InChI is InChI=1S/C16H20N2O/c1-18(12-15-6-4-10-19-15)16-7-3-2-5-13(16)11-17-14-8-9-14/h2-7,10,14,17H,8-9,11-12H2,1H3. The van der Waals surface area contributed by atoms with Crippen LogP contribution < -0.4 is 10.2 Å². The van der Waals surface area contributed by atoms with Crippen LogP contribution in [0, 0.1) is 0 Å². The van der Waals surface area contributed by atoms with E-state index < -0.39 is 0 Å². The minimum atomic E-state index is 0.739. The second kappa shape index (κ2) is 5.49. The first-order valence-corrected chi connectivity index (χ1v) is 6.88. The first kappa shape index (κ1) is 12.3. The number of benzene rings is 1. The topological polar surface area (TPSA) is 28.4 Å². The van der Waals surface area contributed by atoms with E-state index in [4.69, 9.17) is 4.42 Å². The summed E-state index contributed by atoms with van der Waals surface area (Å²) in [5.74, 6) is 0.993. The summed E-state index contributed by atoms with van der Waals surface area (Å²) in [5, 5.41) is 3.58. The van der Waals surface area contributed by atoms with Crippen LogP contribution in [0.2, 0.25) is 0 Å². The van der Waals surface area contributed by atoms with Crippen LogP contribution in [0.1, 0.15) is 24.2 Å². The predicted molar refractivity (Wildman–Crippen MR) is 77.1 cm³/mol. The summed E-state index contributed by atoms with van der Waals surface area (Å²) >= 11 is 0. The van der Waals surface area contributed by atoms with E-state index in [1.54, 1.807) is 6.26 Å². The van der Waals surface area contributed by atoms with Crippen LogP contribution >= 0.6 is 0 Å². The second-order valence-electron chi connectivity index (χ2n) is 5.22. The van der Waals surface area contributed by atoms with Gasteiger partial charge in [-0.05, 0) is 36.6 Å². The fourth-order valence-electron chi connectivity index (χ4n) is 2.30. The van der Waals surface area contributed by atoms with Crippen molar-refractivity contribution < 1.29 is 4.42 Å². The summed E-state index contributed by atoms with van der Waals surface area (Å²) in [5.41, 5.74) is 2.62. The van der Waals surface area contributed by atoms with Gasteiger partial charge >= 0.3 is 0 Å². The molecule has 0 unspecified atom stereocenters. The van der Waals surface area contributed by atoms with Crippen molar-refractivity contribution in [1.29, 1.82) is 0 Å². The Labute approximate surface area is 114 Å². The average molecular weight is 256 g/mol. The summed E-state index contributed by atoms with van der Waals surface area (Å²) in [7, 11) is 2.11. The summed E-state index contributed by atoms with van der Waals surface area (Å²) in [6, 6.07) is 13.3. The van der Waals surface area contributed by atoms with E-state index in [0.717, 1.165) is 24.9 Å². The Morgan fingerprint density at radius 2 is 2.05 bits per heavy atom. The van der Waals surface area contributed by atoms with Crippen LogP contribution in [-0.4, -0.2) is 13.1 Å². The quantitative estimate of drug-likeness (QED) is 0.860. The van der Waals surface area contributed by atoms with E-state index in [9.17, 15) is 0 Å². The number of nitrogens with one attached hydrogen (secondary N) is 1. The van der Waals surface area contributed by atoms with Crippen LogP contribution in [-0.2, 0) is 13.1 Å². The molecule has 1 heterocycles. The van der Waals surface area contributed by atoms with Gasteiger partial charge in [-0.25, -0.2) is 0 Å². The molecule has 1 fully saturated rings. The van der Waals surface area contributed by atoms with Crippen molar-refractivity contribution in [1.82, 2.24) is 5.32 Å². The maximum atomic E-state index is 5.42. The largest absolute Gasteiger partial charge is 0.467 e. The molecule has 1 N–H and O–H groups in total. The highest BCUT2D eigenvalue weighted by Gasteiger charge is 2.20. The highest BCUT2D eigenvalue weighted by Crippen LogP contribution is 2.24. The van der Waals surface area contributed by atoms with E-state index >= 15 is 0 Å². The SMILES string of the molecule is CN(Cc1ccco1)c1ccccc1CNC1CC1. The predicted octanol–water partition coefficient (Wildman–Crippen LogP) is 3.17. The molecule has 1 aliphatic rings. The Morgan fingerprint density at radius 1 is 1.21 bits per heavy atom. The zero-order chi connectivity index (χ0) is 13.1. The normalized spacial score (nSPS) is 14.6. The van der Waals surface area contributed by atoms with Crippen molar-refractivity contribution in [2.24, 2.45) is 0 Å². The third-order valence-electron chi connectivity index (χ3n) is 3.53. The number of furan rings is 1. The molecule has 0 spiro atoms. The van der Waals surface area contributed by atoms with E-state index in [-0.39, 0.29) is 0 Å². The third-order valence-corrected chi connectivity index (χ3v) is 3.53. The van der Waals surface area contributed by atoms with Crippen LogP contribution in [0.5, 0.6) is 0 Å². The van der Waals surface area contributed by atoms with Gasteiger partial charge in [0.1, 0.15) is 5.76 Å². The number of nitrogens with zero attached hydrogens (tertiary/aromatic N) is 1. The lowest BCUT2D eigenvalue weighted by Gasteiger charge is -2.21. The zero-order valence-electron chi connectivity index (χ0n) is 11.3. The molecule has 100 valence electrons. The molecule has 2 aromatic rings. The Kier molecular flexibility index (Phi) is 3.56. The Hall–Kier alpha value is -1.74.